The van der Waals surface area contributed by atoms with Gasteiger partial charge in [0, 0.05) is 13.0 Å². The Balaban J connectivity index is 4.31. The Labute approximate surface area is 323 Å². The molecular weight excluding hydrogens is 689 g/mol. The number of phosphoric ester groups is 1. The molecule has 0 spiro atoms. The second-order valence-corrected chi connectivity index (χ2v) is 14.9. The summed E-state index contributed by atoms with van der Waals surface area (Å²) in [6.07, 6.45) is 46.2. The topological polar surface area (TPSA) is 138 Å². The molecule has 0 amide bonds. The van der Waals surface area contributed by atoms with E-state index < -0.39 is 20.0 Å². The first-order valence-electron chi connectivity index (χ1n) is 20.6. The van der Waals surface area contributed by atoms with E-state index in [0.717, 1.165) is 44.9 Å². The summed E-state index contributed by atoms with van der Waals surface area (Å²) in [6.45, 7) is 3.99. The molecule has 0 heterocycles. The Bertz CT molecular complexity index is 1050. The average Bonchev–Trinajstić information content (AvgIpc) is 3.14. The molecule has 9 nitrogen and oxygen atoms in total. The minimum absolute atomic E-state index is 0.0793. The summed E-state index contributed by atoms with van der Waals surface area (Å²) in [4.78, 5) is 22.2. The first-order chi connectivity index (χ1) is 25.8. The molecule has 0 aliphatic rings. The van der Waals surface area contributed by atoms with Gasteiger partial charge >= 0.3 is 13.8 Å². The van der Waals surface area contributed by atoms with Gasteiger partial charge in [0.05, 0.1) is 25.6 Å². The van der Waals surface area contributed by atoms with Crippen molar-refractivity contribution < 1.29 is 37.9 Å². The van der Waals surface area contributed by atoms with Crippen molar-refractivity contribution in [1.82, 2.24) is 0 Å². The summed E-state index contributed by atoms with van der Waals surface area (Å²) < 4.78 is 33.0. The van der Waals surface area contributed by atoms with E-state index in [1.807, 2.05) is 42.5 Å². The van der Waals surface area contributed by atoms with Crippen LogP contribution in [0.25, 0.3) is 0 Å². The SMILES string of the molecule is CCCCC/C=C\C[C@@H](O)/C=C/C=C\C/C=C\CCCC(=O)OC[C@H](COP(=O)(O)OCCN)O/C=C/CCCCCC/C=C\CCCCCCCC. The molecule has 306 valence electrons. The van der Waals surface area contributed by atoms with Gasteiger partial charge in [-0.2, -0.15) is 0 Å². The number of carbonyl (C=O) groups excluding carboxylic acids is 1. The van der Waals surface area contributed by atoms with Gasteiger partial charge < -0.3 is 25.2 Å². The molecule has 0 bridgehead atoms. The minimum atomic E-state index is -4.30. The number of ether oxygens (including phenoxy) is 2. The Morgan fingerprint density at radius 2 is 1.25 bits per heavy atom. The van der Waals surface area contributed by atoms with Crippen molar-refractivity contribution >= 4 is 13.8 Å². The summed E-state index contributed by atoms with van der Waals surface area (Å²) in [5.41, 5.74) is 5.35. The number of unbranched alkanes of at least 4 members (excludes halogenated alkanes) is 15. The zero-order valence-electron chi connectivity index (χ0n) is 33.3. The maximum Gasteiger partial charge on any atom is 0.472 e. The standard InChI is InChI=1S/C43H76NO8P/c1-3-5-7-9-11-12-13-14-15-16-17-18-21-24-28-32-37-49-42(40-52-53(47,48)51-38-36-44)39-50-43(46)35-31-27-23-20-19-22-26-30-34-41(45)33-29-25-10-8-6-4-2/h14-15,20,22-23,25-26,29-30,32,34,37,41-42,45H,3-13,16-19,21,24,27-28,31,33,35-36,38-40,44H2,1-2H3,(H,47,48)/b15-14-,23-20-,26-22-,29-25-,34-30+,37-32+/t41-,42-/m1/s1. The summed E-state index contributed by atoms with van der Waals surface area (Å²) in [5, 5.41) is 10.0. The Kier molecular flexibility index (Phi) is 37.8. The molecular formula is C43H76NO8P. The van der Waals surface area contributed by atoms with Gasteiger partial charge in [0.2, 0.25) is 0 Å². The molecule has 0 rings (SSSR count). The quantitative estimate of drug-likeness (QED) is 0.0140. The Hall–Kier alpha value is -2.26. The minimum Gasteiger partial charge on any atom is -0.492 e. The fraction of sp³-hybridized carbons (Fsp3) is 0.698. The zero-order chi connectivity index (χ0) is 38.9. The van der Waals surface area contributed by atoms with E-state index in [0.29, 0.717) is 12.8 Å². The number of esters is 1. The molecule has 0 radical (unpaired) electrons. The highest BCUT2D eigenvalue weighted by molar-refractivity contribution is 7.47. The maximum absolute atomic E-state index is 12.4. The van der Waals surface area contributed by atoms with Crippen molar-refractivity contribution in [3.63, 3.8) is 0 Å². The van der Waals surface area contributed by atoms with Crippen LogP contribution in [0.2, 0.25) is 0 Å². The van der Waals surface area contributed by atoms with E-state index in [2.05, 4.69) is 32.1 Å². The lowest BCUT2D eigenvalue weighted by molar-refractivity contribution is -0.147. The molecule has 0 aromatic rings. The van der Waals surface area contributed by atoms with Crippen molar-refractivity contribution in [2.75, 3.05) is 26.4 Å². The second-order valence-electron chi connectivity index (χ2n) is 13.4. The third-order valence-corrected chi connectivity index (χ3v) is 9.25. The number of phosphoric acid groups is 1. The molecule has 0 aliphatic heterocycles. The summed E-state index contributed by atoms with van der Waals surface area (Å²) in [6, 6.07) is 0. The smallest absolute Gasteiger partial charge is 0.472 e. The van der Waals surface area contributed by atoms with Gasteiger partial charge in [-0.05, 0) is 83.1 Å². The molecule has 0 aromatic heterocycles. The number of hydrogen-bond donors (Lipinski definition) is 3. The van der Waals surface area contributed by atoms with Crippen LogP contribution in [-0.4, -0.2) is 54.5 Å². The number of aliphatic hydroxyl groups is 1. The van der Waals surface area contributed by atoms with Crippen molar-refractivity contribution in [3.05, 3.63) is 73.1 Å². The van der Waals surface area contributed by atoms with Crippen molar-refractivity contribution in [2.45, 2.75) is 167 Å². The van der Waals surface area contributed by atoms with E-state index in [9.17, 15) is 19.4 Å². The molecule has 0 saturated carbocycles. The summed E-state index contributed by atoms with van der Waals surface area (Å²) in [7, 11) is -4.30. The van der Waals surface area contributed by atoms with Crippen LogP contribution in [0, 0.1) is 0 Å². The Morgan fingerprint density at radius 3 is 1.92 bits per heavy atom. The van der Waals surface area contributed by atoms with Crippen LogP contribution in [0.3, 0.4) is 0 Å². The number of hydrogen-bond acceptors (Lipinski definition) is 8. The van der Waals surface area contributed by atoms with Gasteiger partial charge in [-0.15, -0.1) is 0 Å². The number of rotatable bonds is 38. The highest BCUT2D eigenvalue weighted by Gasteiger charge is 2.24. The van der Waals surface area contributed by atoms with E-state index >= 15 is 0 Å². The number of nitrogens with two attached hydrogens (primary N) is 1. The molecule has 53 heavy (non-hydrogen) atoms. The zero-order valence-corrected chi connectivity index (χ0v) is 34.2. The predicted octanol–water partition coefficient (Wildman–Crippen LogP) is 11.3. The first-order valence-corrected chi connectivity index (χ1v) is 22.1. The summed E-state index contributed by atoms with van der Waals surface area (Å²) in [5.74, 6) is -0.376. The van der Waals surface area contributed by atoms with E-state index in [1.165, 1.54) is 77.0 Å². The van der Waals surface area contributed by atoms with Crippen LogP contribution in [0.15, 0.2) is 73.1 Å². The molecule has 0 fully saturated rings. The number of aliphatic hydroxyl groups excluding tert-OH is 1. The molecule has 1 unspecified atom stereocenters. The lowest BCUT2D eigenvalue weighted by Gasteiger charge is -2.19. The van der Waals surface area contributed by atoms with Crippen LogP contribution in [-0.2, 0) is 27.9 Å². The van der Waals surface area contributed by atoms with Crippen molar-refractivity contribution in [3.8, 4) is 0 Å². The first kappa shape index (κ1) is 50.7. The maximum atomic E-state index is 12.4. The largest absolute Gasteiger partial charge is 0.492 e. The lowest BCUT2D eigenvalue weighted by Crippen LogP contribution is -2.25. The normalized spacial score (nSPS) is 14.8. The Morgan fingerprint density at radius 1 is 0.679 bits per heavy atom. The lowest BCUT2D eigenvalue weighted by atomic mass is 10.1. The monoisotopic (exact) mass is 766 g/mol. The van der Waals surface area contributed by atoms with Crippen molar-refractivity contribution in [2.24, 2.45) is 5.73 Å². The molecule has 3 atom stereocenters. The fourth-order valence-corrected chi connectivity index (χ4v) is 5.87. The van der Waals surface area contributed by atoms with Gasteiger partial charge in [-0.25, -0.2) is 4.57 Å². The van der Waals surface area contributed by atoms with Crippen LogP contribution in [0.5, 0.6) is 0 Å². The second kappa shape index (κ2) is 39.4. The third-order valence-electron chi connectivity index (χ3n) is 8.27. The molecule has 0 aliphatic carbocycles. The van der Waals surface area contributed by atoms with E-state index in [-0.39, 0.29) is 38.8 Å². The number of carbonyl (C=O) groups is 1. The highest BCUT2D eigenvalue weighted by atomic mass is 31.2. The van der Waals surface area contributed by atoms with Crippen molar-refractivity contribution in [1.29, 1.82) is 0 Å². The molecule has 0 saturated heterocycles. The van der Waals surface area contributed by atoms with Crippen LogP contribution < -0.4 is 5.73 Å². The number of allylic oxidation sites excluding steroid dienone is 9. The van der Waals surface area contributed by atoms with Crippen LogP contribution in [0.1, 0.15) is 155 Å². The van der Waals surface area contributed by atoms with Crippen LogP contribution >= 0.6 is 7.82 Å². The summed E-state index contributed by atoms with van der Waals surface area (Å²) >= 11 is 0. The van der Waals surface area contributed by atoms with E-state index in [1.54, 1.807) is 12.3 Å². The highest BCUT2D eigenvalue weighted by Crippen LogP contribution is 2.43. The molecule has 4 N–H and O–H groups in total. The predicted molar refractivity (Wildman–Crippen MR) is 220 cm³/mol. The third kappa shape index (κ3) is 39.3. The van der Waals surface area contributed by atoms with E-state index in [4.69, 9.17) is 24.3 Å². The van der Waals surface area contributed by atoms with Gasteiger partial charge in [0.15, 0.2) is 6.10 Å². The van der Waals surface area contributed by atoms with Gasteiger partial charge in [0.25, 0.3) is 0 Å². The molecule has 0 aromatic carbocycles. The average molecular weight is 766 g/mol. The van der Waals surface area contributed by atoms with Gasteiger partial charge in [-0.3, -0.25) is 13.8 Å². The van der Waals surface area contributed by atoms with Crippen LogP contribution in [0.4, 0.5) is 0 Å². The fourth-order valence-electron chi connectivity index (χ4n) is 5.11. The molecule has 10 heteroatoms. The van der Waals surface area contributed by atoms with Gasteiger partial charge in [0.1, 0.15) is 6.61 Å². The van der Waals surface area contributed by atoms with Gasteiger partial charge in [-0.1, -0.05) is 132 Å².